The summed E-state index contributed by atoms with van der Waals surface area (Å²) in [6.07, 6.45) is 3.82. The van der Waals surface area contributed by atoms with Gasteiger partial charge in [0.15, 0.2) is 0 Å². The molecule has 2 heterocycles. The van der Waals surface area contributed by atoms with Gasteiger partial charge in [0.05, 0.1) is 11.3 Å². The van der Waals surface area contributed by atoms with Crippen LogP contribution in [-0.4, -0.2) is 51.8 Å². The summed E-state index contributed by atoms with van der Waals surface area (Å²) < 4.78 is 2.91. The summed E-state index contributed by atoms with van der Waals surface area (Å²) in [6, 6.07) is 2.26. The normalized spacial score (nSPS) is 11.4. The van der Waals surface area contributed by atoms with Crippen molar-refractivity contribution in [2.45, 2.75) is 19.9 Å². The van der Waals surface area contributed by atoms with E-state index in [4.69, 9.17) is 0 Å². The lowest BCUT2D eigenvalue weighted by atomic mass is 10.2. The summed E-state index contributed by atoms with van der Waals surface area (Å²) in [4.78, 5) is 11.0. The number of anilines is 1. The first-order chi connectivity index (χ1) is 9.97. The van der Waals surface area contributed by atoms with E-state index in [-0.39, 0.29) is 0 Å². The van der Waals surface area contributed by atoms with Crippen LogP contribution in [0.15, 0.2) is 18.5 Å². The van der Waals surface area contributed by atoms with Gasteiger partial charge >= 0.3 is 0 Å². The van der Waals surface area contributed by atoms with Crippen LogP contribution in [0.5, 0.6) is 0 Å². The maximum Gasteiger partial charge on any atom is 0.223 e. The first-order valence-electron chi connectivity index (χ1n) is 6.94. The van der Waals surface area contributed by atoms with Gasteiger partial charge in [-0.3, -0.25) is 4.68 Å². The fourth-order valence-corrected chi connectivity index (χ4v) is 2.46. The molecule has 114 valence electrons. The van der Waals surface area contributed by atoms with E-state index in [0.29, 0.717) is 12.0 Å². The Hall–Kier alpha value is -1.22. The standard InChI is InChI=1S/C14H21IN6/c1-10(2)21-9-11(13(15)19-21)12-5-6-16-14(18-12)17-7-8-20(3)4/h5-6,9-10H,7-8H2,1-4H3,(H,16,17,18). The van der Waals surface area contributed by atoms with Crippen molar-refractivity contribution in [2.75, 3.05) is 32.5 Å². The average molecular weight is 400 g/mol. The first kappa shape index (κ1) is 16.2. The Morgan fingerprint density at radius 3 is 2.76 bits per heavy atom. The Kier molecular flexibility index (Phi) is 5.51. The summed E-state index contributed by atoms with van der Waals surface area (Å²) in [5.74, 6) is 0.655. The van der Waals surface area contributed by atoms with Gasteiger partial charge in [0.2, 0.25) is 5.95 Å². The van der Waals surface area contributed by atoms with Crippen LogP contribution in [0.2, 0.25) is 0 Å². The van der Waals surface area contributed by atoms with E-state index in [1.165, 1.54) is 0 Å². The second kappa shape index (κ2) is 7.17. The number of nitrogens with one attached hydrogen (secondary N) is 1. The molecule has 0 spiro atoms. The number of hydrogen-bond donors (Lipinski definition) is 1. The molecule has 0 aliphatic rings. The highest BCUT2D eigenvalue weighted by Crippen LogP contribution is 2.24. The lowest BCUT2D eigenvalue weighted by Gasteiger charge is -2.10. The molecule has 6 nitrogen and oxygen atoms in total. The fraction of sp³-hybridized carbons (Fsp3) is 0.500. The molecule has 7 heteroatoms. The summed E-state index contributed by atoms with van der Waals surface area (Å²) in [6.45, 7) is 5.98. The Balaban J connectivity index is 2.17. The first-order valence-corrected chi connectivity index (χ1v) is 8.02. The Labute approximate surface area is 139 Å². The Bertz CT molecular complexity index is 593. The van der Waals surface area contributed by atoms with Crippen LogP contribution in [0.3, 0.4) is 0 Å². The number of aromatic nitrogens is 4. The molecule has 0 aliphatic carbocycles. The minimum atomic E-state index is 0.340. The quantitative estimate of drug-likeness (QED) is 0.756. The molecule has 0 saturated heterocycles. The number of rotatable bonds is 6. The van der Waals surface area contributed by atoms with E-state index < -0.39 is 0 Å². The minimum absolute atomic E-state index is 0.340. The maximum atomic E-state index is 4.57. The van der Waals surface area contributed by atoms with Crippen molar-refractivity contribution in [1.29, 1.82) is 0 Å². The van der Waals surface area contributed by atoms with Crippen LogP contribution >= 0.6 is 22.6 Å². The second-order valence-electron chi connectivity index (χ2n) is 5.40. The van der Waals surface area contributed by atoms with Crippen LogP contribution in [0.4, 0.5) is 5.95 Å². The van der Waals surface area contributed by atoms with Gasteiger partial charge in [0, 0.05) is 31.5 Å². The lowest BCUT2D eigenvalue weighted by molar-refractivity contribution is 0.425. The van der Waals surface area contributed by atoms with Crippen LogP contribution in [-0.2, 0) is 0 Å². The van der Waals surface area contributed by atoms with Crippen molar-refractivity contribution in [1.82, 2.24) is 24.6 Å². The molecule has 0 fully saturated rings. The van der Waals surface area contributed by atoms with Crippen LogP contribution in [0.25, 0.3) is 11.3 Å². The summed E-state index contributed by atoms with van der Waals surface area (Å²) in [5, 5.41) is 7.76. The molecule has 2 rings (SSSR count). The van der Waals surface area contributed by atoms with Crippen molar-refractivity contribution < 1.29 is 0 Å². The molecule has 0 bridgehead atoms. The molecule has 0 radical (unpaired) electrons. The zero-order chi connectivity index (χ0) is 15.4. The van der Waals surface area contributed by atoms with E-state index in [9.17, 15) is 0 Å². The third-order valence-electron chi connectivity index (χ3n) is 2.99. The third kappa shape index (κ3) is 4.37. The average Bonchev–Trinajstić information content (AvgIpc) is 2.81. The van der Waals surface area contributed by atoms with E-state index in [1.54, 1.807) is 6.20 Å². The largest absolute Gasteiger partial charge is 0.353 e. The highest BCUT2D eigenvalue weighted by molar-refractivity contribution is 14.1. The number of likely N-dealkylation sites (N-methyl/N-ethyl adjacent to an activating group) is 1. The third-order valence-corrected chi connectivity index (χ3v) is 3.79. The van der Waals surface area contributed by atoms with Crippen molar-refractivity contribution >= 4 is 28.5 Å². The highest BCUT2D eigenvalue weighted by Gasteiger charge is 2.12. The van der Waals surface area contributed by atoms with Crippen LogP contribution < -0.4 is 5.32 Å². The molecule has 0 aliphatic heterocycles. The molecule has 21 heavy (non-hydrogen) atoms. The molecule has 2 aromatic heterocycles. The molecule has 0 atom stereocenters. The fourth-order valence-electron chi connectivity index (χ4n) is 1.79. The van der Waals surface area contributed by atoms with Gasteiger partial charge in [-0.25, -0.2) is 9.97 Å². The predicted molar refractivity (Wildman–Crippen MR) is 93.4 cm³/mol. The van der Waals surface area contributed by atoms with Crippen LogP contribution in [0, 0.1) is 3.70 Å². The van der Waals surface area contributed by atoms with Gasteiger partial charge < -0.3 is 10.2 Å². The van der Waals surface area contributed by atoms with Crippen molar-refractivity contribution in [3.63, 3.8) is 0 Å². The second-order valence-corrected chi connectivity index (χ2v) is 6.42. The molecular weight excluding hydrogens is 379 g/mol. The van der Waals surface area contributed by atoms with E-state index in [0.717, 1.165) is 28.0 Å². The van der Waals surface area contributed by atoms with E-state index >= 15 is 0 Å². The molecule has 0 saturated carbocycles. The molecule has 0 aromatic carbocycles. The van der Waals surface area contributed by atoms with Crippen molar-refractivity contribution in [2.24, 2.45) is 0 Å². The zero-order valence-corrected chi connectivity index (χ0v) is 15.0. The van der Waals surface area contributed by atoms with E-state index in [1.807, 2.05) is 31.0 Å². The van der Waals surface area contributed by atoms with E-state index in [2.05, 4.69) is 61.7 Å². The topological polar surface area (TPSA) is 58.9 Å². The monoisotopic (exact) mass is 400 g/mol. The zero-order valence-electron chi connectivity index (χ0n) is 12.8. The lowest BCUT2D eigenvalue weighted by Crippen LogP contribution is -2.21. The van der Waals surface area contributed by atoms with Crippen molar-refractivity contribution in [3.8, 4) is 11.3 Å². The van der Waals surface area contributed by atoms with Gasteiger partial charge in [-0.2, -0.15) is 5.10 Å². The van der Waals surface area contributed by atoms with Gasteiger partial charge in [0.1, 0.15) is 3.70 Å². The molecule has 0 unspecified atom stereocenters. The smallest absolute Gasteiger partial charge is 0.223 e. The molecule has 1 N–H and O–H groups in total. The Morgan fingerprint density at radius 2 is 2.14 bits per heavy atom. The van der Waals surface area contributed by atoms with Gasteiger partial charge in [-0.1, -0.05) is 0 Å². The van der Waals surface area contributed by atoms with Crippen molar-refractivity contribution in [3.05, 3.63) is 22.2 Å². The highest BCUT2D eigenvalue weighted by atomic mass is 127. The van der Waals surface area contributed by atoms with Crippen LogP contribution in [0.1, 0.15) is 19.9 Å². The van der Waals surface area contributed by atoms with Gasteiger partial charge in [-0.05, 0) is 56.6 Å². The summed E-state index contributed by atoms with van der Waals surface area (Å²) >= 11 is 2.25. The molecule has 2 aromatic rings. The minimum Gasteiger partial charge on any atom is -0.353 e. The number of halogens is 1. The molecular formula is C14H21IN6. The molecule has 0 amide bonds. The predicted octanol–water partition coefficient (Wildman–Crippen LogP) is 2.50. The maximum absolute atomic E-state index is 4.57. The van der Waals surface area contributed by atoms with Gasteiger partial charge in [-0.15, -0.1) is 0 Å². The Morgan fingerprint density at radius 1 is 1.38 bits per heavy atom. The number of hydrogen-bond acceptors (Lipinski definition) is 5. The SMILES string of the molecule is CC(C)n1cc(-c2ccnc(NCCN(C)C)n2)c(I)n1. The number of nitrogens with zero attached hydrogens (tertiary/aromatic N) is 5. The van der Waals surface area contributed by atoms with Gasteiger partial charge in [0.25, 0.3) is 0 Å². The summed E-state index contributed by atoms with van der Waals surface area (Å²) in [5.41, 5.74) is 1.94. The summed E-state index contributed by atoms with van der Waals surface area (Å²) in [7, 11) is 4.09.